The lowest BCUT2D eigenvalue weighted by Gasteiger charge is -2.35. The highest BCUT2D eigenvalue weighted by Crippen LogP contribution is 2.30. The Morgan fingerprint density at radius 1 is 1.06 bits per heavy atom. The van der Waals surface area contributed by atoms with Gasteiger partial charge in [-0.05, 0) is 42.4 Å². The van der Waals surface area contributed by atoms with Crippen molar-refractivity contribution in [2.24, 2.45) is 0 Å². The summed E-state index contributed by atoms with van der Waals surface area (Å²) in [6.45, 7) is 6.69. The summed E-state index contributed by atoms with van der Waals surface area (Å²) in [5.41, 5.74) is 4.47. The topological polar surface area (TPSA) is 83.9 Å². The molecular formula is C26H28Cl2FN7. The van der Waals surface area contributed by atoms with Crippen LogP contribution in [0.3, 0.4) is 0 Å². The monoisotopic (exact) mass is 527 g/mol. The molecule has 7 nitrogen and oxygen atoms in total. The first-order chi connectivity index (χ1) is 16.6. The minimum atomic E-state index is -0.264. The van der Waals surface area contributed by atoms with Crippen molar-refractivity contribution in [3.8, 4) is 17.3 Å². The van der Waals surface area contributed by atoms with E-state index in [1.54, 1.807) is 0 Å². The van der Waals surface area contributed by atoms with E-state index in [0.29, 0.717) is 29.4 Å². The van der Waals surface area contributed by atoms with E-state index in [2.05, 4.69) is 38.1 Å². The van der Waals surface area contributed by atoms with E-state index in [1.165, 1.54) is 6.07 Å². The van der Waals surface area contributed by atoms with Crippen LogP contribution >= 0.6 is 24.8 Å². The van der Waals surface area contributed by atoms with Gasteiger partial charge >= 0.3 is 0 Å². The molecule has 0 spiro atoms. The van der Waals surface area contributed by atoms with Gasteiger partial charge < -0.3 is 20.1 Å². The molecule has 0 aliphatic carbocycles. The summed E-state index contributed by atoms with van der Waals surface area (Å²) in [5, 5.41) is 13.1. The Kier molecular flexibility index (Phi) is 9.10. The summed E-state index contributed by atoms with van der Waals surface area (Å²) >= 11 is 0. The number of nitriles is 1. The lowest BCUT2D eigenvalue weighted by Crippen LogP contribution is -2.46. The van der Waals surface area contributed by atoms with Crippen LogP contribution in [-0.2, 0) is 6.42 Å². The average molecular weight is 528 g/mol. The molecule has 0 amide bonds. The Bertz CT molecular complexity index is 1360. The van der Waals surface area contributed by atoms with Crippen molar-refractivity contribution in [1.82, 2.24) is 19.9 Å². The average Bonchev–Trinajstić information content (AvgIpc) is 3.33. The summed E-state index contributed by atoms with van der Waals surface area (Å²) in [6, 6.07) is 17.1. The largest absolute Gasteiger partial charge is 0.367 e. The van der Waals surface area contributed by atoms with Crippen LogP contribution in [0.5, 0.6) is 0 Å². The van der Waals surface area contributed by atoms with Crippen LogP contribution in [-0.4, -0.2) is 52.6 Å². The van der Waals surface area contributed by atoms with E-state index in [9.17, 15) is 0 Å². The highest BCUT2D eigenvalue weighted by atomic mass is 35.5. The van der Waals surface area contributed by atoms with Crippen LogP contribution in [0.25, 0.3) is 22.3 Å². The van der Waals surface area contributed by atoms with Crippen LogP contribution in [0.2, 0.25) is 0 Å². The predicted molar refractivity (Wildman–Crippen MR) is 147 cm³/mol. The first-order valence-corrected chi connectivity index (χ1v) is 11.5. The van der Waals surface area contributed by atoms with E-state index in [4.69, 9.17) is 10.2 Å². The molecule has 0 bridgehead atoms. The van der Waals surface area contributed by atoms with Gasteiger partial charge in [-0.1, -0.05) is 25.1 Å². The van der Waals surface area contributed by atoms with Crippen molar-refractivity contribution in [3.05, 3.63) is 66.1 Å². The second-order valence-electron chi connectivity index (χ2n) is 8.38. The maximum atomic E-state index is 15.0. The Balaban J connectivity index is 0.00000180. The predicted octanol–water partition coefficient (Wildman–Crippen LogP) is 5.56. The molecule has 1 aliphatic rings. The first kappa shape index (κ1) is 27.2. The molecule has 5 rings (SSSR count). The third-order valence-electron chi connectivity index (χ3n) is 6.26. The number of piperazine rings is 1. The molecule has 0 atom stereocenters. The second-order valence-corrected chi connectivity index (χ2v) is 8.38. The fourth-order valence-corrected chi connectivity index (χ4v) is 4.41. The summed E-state index contributed by atoms with van der Waals surface area (Å²) in [7, 11) is 0. The number of nitrogens with one attached hydrogen (secondary N) is 2. The normalized spacial score (nSPS) is 13.5. The van der Waals surface area contributed by atoms with Gasteiger partial charge in [-0.3, -0.25) is 0 Å². The Labute approximate surface area is 222 Å². The standard InChI is InChI=1S/C26H26FN7.2ClH/c1-2-33-12-14-34(15-13-33)23-7-6-20(17-22(23)27)30-26-31-24(21-9-11-29-25(21)32-26)19-5-3-4-18(16-19)8-10-28;;/h3-7,9,11,16-17H,2,8,12-15H2,1H3,(H2,29,30,31,32);2*1H. The second kappa shape index (κ2) is 12.0. The third kappa shape index (κ3) is 5.71. The lowest BCUT2D eigenvalue weighted by atomic mass is 10.0. The molecule has 10 heteroatoms. The zero-order valence-electron chi connectivity index (χ0n) is 19.9. The number of H-pyrrole nitrogens is 1. The van der Waals surface area contributed by atoms with Gasteiger partial charge in [0.25, 0.3) is 0 Å². The molecule has 0 saturated carbocycles. The molecule has 1 saturated heterocycles. The van der Waals surface area contributed by atoms with Gasteiger partial charge in [0.05, 0.1) is 23.9 Å². The molecule has 0 unspecified atom stereocenters. The van der Waals surface area contributed by atoms with Crippen molar-refractivity contribution < 1.29 is 4.39 Å². The number of nitrogens with zero attached hydrogens (tertiary/aromatic N) is 5. The molecule has 1 aliphatic heterocycles. The number of fused-ring (bicyclic) bond motifs is 1. The highest BCUT2D eigenvalue weighted by molar-refractivity contribution is 5.92. The Hall–Kier alpha value is -3.38. The molecule has 0 radical (unpaired) electrons. The van der Waals surface area contributed by atoms with Crippen LogP contribution in [0.1, 0.15) is 12.5 Å². The highest BCUT2D eigenvalue weighted by Gasteiger charge is 2.19. The van der Waals surface area contributed by atoms with E-state index in [-0.39, 0.29) is 30.6 Å². The molecule has 188 valence electrons. The van der Waals surface area contributed by atoms with Crippen molar-refractivity contribution in [2.45, 2.75) is 13.3 Å². The smallest absolute Gasteiger partial charge is 0.229 e. The van der Waals surface area contributed by atoms with E-state index in [0.717, 1.165) is 54.9 Å². The molecule has 1 fully saturated rings. The number of likely N-dealkylation sites (N-methyl/N-ethyl adjacent to an activating group) is 1. The molecule has 3 heterocycles. The van der Waals surface area contributed by atoms with Gasteiger partial charge in [0.2, 0.25) is 5.95 Å². The van der Waals surface area contributed by atoms with E-state index < -0.39 is 0 Å². The minimum absolute atomic E-state index is 0. The number of hydrogen-bond donors (Lipinski definition) is 2. The van der Waals surface area contributed by atoms with Crippen LogP contribution in [0, 0.1) is 17.1 Å². The number of halogens is 3. The maximum Gasteiger partial charge on any atom is 0.229 e. The zero-order valence-corrected chi connectivity index (χ0v) is 21.5. The van der Waals surface area contributed by atoms with Crippen molar-refractivity contribution in [3.63, 3.8) is 0 Å². The molecular weight excluding hydrogens is 500 g/mol. The van der Waals surface area contributed by atoms with Gasteiger partial charge in [-0.25, -0.2) is 9.37 Å². The summed E-state index contributed by atoms with van der Waals surface area (Å²) in [4.78, 5) is 16.9. The minimum Gasteiger partial charge on any atom is -0.367 e. The van der Waals surface area contributed by atoms with Crippen LogP contribution in [0.4, 0.5) is 21.7 Å². The lowest BCUT2D eigenvalue weighted by molar-refractivity contribution is 0.270. The van der Waals surface area contributed by atoms with Crippen LogP contribution in [0.15, 0.2) is 54.7 Å². The number of aromatic nitrogens is 3. The number of rotatable bonds is 6. The molecule has 4 aromatic rings. The Morgan fingerprint density at radius 2 is 1.86 bits per heavy atom. The molecule has 2 aromatic carbocycles. The summed E-state index contributed by atoms with van der Waals surface area (Å²) in [5.74, 6) is 0.111. The SMILES string of the molecule is CCN1CCN(c2ccc(Nc3nc(-c4cccc(CC#N)c4)c4cc[nH]c4n3)cc2F)CC1.Cl.Cl. The fraction of sp³-hybridized carbons (Fsp3) is 0.269. The molecule has 2 aromatic heterocycles. The number of aromatic amines is 1. The fourth-order valence-electron chi connectivity index (χ4n) is 4.41. The Morgan fingerprint density at radius 3 is 2.58 bits per heavy atom. The van der Waals surface area contributed by atoms with Gasteiger partial charge in [-0.2, -0.15) is 10.2 Å². The number of anilines is 3. The van der Waals surface area contributed by atoms with Gasteiger partial charge in [0.1, 0.15) is 11.5 Å². The summed E-state index contributed by atoms with van der Waals surface area (Å²) < 4.78 is 15.0. The van der Waals surface area contributed by atoms with Crippen molar-refractivity contribution >= 4 is 53.2 Å². The molecule has 36 heavy (non-hydrogen) atoms. The van der Waals surface area contributed by atoms with Gasteiger partial charge in [-0.15, -0.1) is 24.8 Å². The van der Waals surface area contributed by atoms with Gasteiger partial charge in [0.15, 0.2) is 0 Å². The summed E-state index contributed by atoms with van der Waals surface area (Å²) in [6.07, 6.45) is 2.15. The van der Waals surface area contributed by atoms with E-state index >= 15 is 4.39 Å². The molecule has 2 N–H and O–H groups in total. The third-order valence-corrected chi connectivity index (χ3v) is 6.26. The quantitative estimate of drug-likeness (QED) is 0.341. The van der Waals surface area contributed by atoms with E-state index in [1.807, 2.05) is 48.7 Å². The van der Waals surface area contributed by atoms with Gasteiger partial charge in [0, 0.05) is 49.0 Å². The zero-order chi connectivity index (χ0) is 23.5. The van der Waals surface area contributed by atoms with Crippen molar-refractivity contribution in [1.29, 1.82) is 5.26 Å². The first-order valence-electron chi connectivity index (χ1n) is 11.5. The van der Waals surface area contributed by atoms with Crippen LogP contribution < -0.4 is 10.2 Å². The van der Waals surface area contributed by atoms with Crippen molar-refractivity contribution in [2.75, 3.05) is 42.9 Å². The maximum absolute atomic E-state index is 15.0. The number of benzene rings is 2. The number of hydrogen-bond acceptors (Lipinski definition) is 6.